The molecule has 0 unspecified atom stereocenters. The van der Waals surface area contributed by atoms with Crippen molar-refractivity contribution in [3.05, 3.63) is 12.7 Å². The molecular formula is C5H9KNO2+. The Morgan fingerprint density at radius 2 is 2.33 bits per heavy atom. The van der Waals surface area contributed by atoms with Gasteiger partial charge in [0.25, 0.3) is 0 Å². The van der Waals surface area contributed by atoms with E-state index >= 15 is 0 Å². The average molecular weight is 154 g/mol. The van der Waals surface area contributed by atoms with Crippen LogP contribution < -0.4 is 56.7 Å². The molecule has 0 aliphatic rings. The Labute approximate surface area is 96.9 Å². The van der Waals surface area contributed by atoms with Crippen LogP contribution >= 0.6 is 0 Å². The van der Waals surface area contributed by atoms with Crippen molar-refractivity contribution in [2.75, 3.05) is 13.1 Å². The van der Waals surface area contributed by atoms with Gasteiger partial charge in [-0.05, 0) is 0 Å². The summed E-state index contributed by atoms with van der Waals surface area (Å²) < 4.78 is 0. The molecule has 0 radical (unpaired) electrons. The molecule has 0 aromatic rings. The topological polar surface area (TPSA) is 49.3 Å². The van der Waals surface area contributed by atoms with Crippen molar-refractivity contribution in [3.63, 3.8) is 0 Å². The van der Waals surface area contributed by atoms with Gasteiger partial charge in [-0.2, -0.15) is 0 Å². The molecule has 0 spiro atoms. The van der Waals surface area contributed by atoms with Crippen LogP contribution in [0.15, 0.2) is 12.7 Å². The number of carbonyl (C=O) groups is 1. The van der Waals surface area contributed by atoms with E-state index < -0.39 is 5.97 Å². The number of aliphatic carboxylic acids is 1. The van der Waals surface area contributed by atoms with Gasteiger partial charge < -0.3 is 10.4 Å². The largest absolute Gasteiger partial charge is 1.00 e. The summed E-state index contributed by atoms with van der Waals surface area (Å²) in [6.45, 7) is 3.96. The van der Waals surface area contributed by atoms with Gasteiger partial charge in [0.1, 0.15) is 0 Å². The third kappa shape index (κ3) is 12.1. The van der Waals surface area contributed by atoms with E-state index in [0.717, 1.165) is 0 Å². The number of rotatable bonds is 4. The van der Waals surface area contributed by atoms with Crippen LogP contribution in [0.3, 0.4) is 0 Å². The zero-order chi connectivity index (χ0) is 6.41. The van der Waals surface area contributed by atoms with Gasteiger partial charge in [0, 0.05) is 6.54 Å². The monoisotopic (exact) mass is 154 g/mol. The third-order valence-electron chi connectivity index (χ3n) is 0.565. The number of hydrogen-bond acceptors (Lipinski definition) is 2. The van der Waals surface area contributed by atoms with Gasteiger partial charge in [-0.1, -0.05) is 6.08 Å². The Balaban J connectivity index is 0. The van der Waals surface area contributed by atoms with E-state index in [1.165, 1.54) is 0 Å². The Kier molecular flexibility index (Phi) is 12.2. The van der Waals surface area contributed by atoms with E-state index in [2.05, 4.69) is 11.9 Å². The number of nitrogens with one attached hydrogen (secondary N) is 1. The first-order valence-corrected chi connectivity index (χ1v) is 2.30. The Bertz CT molecular complexity index is 95.0. The fraction of sp³-hybridized carbons (Fsp3) is 0.400. The number of carboxylic acids is 1. The summed E-state index contributed by atoms with van der Waals surface area (Å²) in [4.78, 5) is 9.78. The molecule has 0 aliphatic carbocycles. The molecule has 9 heavy (non-hydrogen) atoms. The maximum absolute atomic E-state index is 9.78. The second kappa shape index (κ2) is 8.81. The van der Waals surface area contributed by atoms with Crippen molar-refractivity contribution in [2.24, 2.45) is 0 Å². The van der Waals surface area contributed by atoms with Crippen LogP contribution in [-0.4, -0.2) is 24.2 Å². The maximum atomic E-state index is 9.78. The van der Waals surface area contributed by atoms with E-state index in [-0.39, 0.29) is 57.9 Å². The van der Waals surface area contributed by atoms with Crippen LogP contribution in [0.25, 0.3) is 0 Å². The van der Waals surface area contributed by atoms with Gasteiger partial charge in [0.15, 0.2) is 0 Å². The third-order valence-corrected chi connectivity index (χ3v) is 0.565. The zero-order valence-electron chi connectivity index (χ0n) is 5.55. The predicted molar refractivity (Wildman–Crippen MR) is 30.7 cm³/mol. The summed E-state index contributed by atoms with van der Waals surface area (Å²) in [5, 5.41) is 10.7. The van der Waals surface area contributed by atoms with Crippen molar-refractivity contribution < 1.29 is 61.3 Å². The molecular weight excluding hydrogens is 145 g/mol. The van der Waals surface area contributed by atoms with Crippen molar-refractivity contribution in [2.45, 2.75) is 0 Å². The fourth-order valence-electron chi connectivity index (χ4n) is 0.281. The smallest absolute Gasteiger partial charge is 0.480 e. The Hall–Kier alpha value is 0.806. The molecule has 0 saturated carbocycles. The molecule has 0 heterocycles. The quantitative estimate of drug-likeness (QED) is 0.255. The first-order valence-electron chi connectivity index (χ1n) is 2.30. The van der Waals surface area contributed by atoms with Crippen molar-refractivity contribution >= 4 is 5.97 Å². The van der Waals surface area contributed by atoms with E-state index in [0.29, 0.717) is 6.54 Å². The normalized spacial score (nSPS) is 7.56. The molecule has 0 rings (SSSR count). The standard InChI is InChI=1S/C5H9NO2.K/c1-2-3-6-4-5(7)8;/h2,6H,1,3-4H2,(H,7,8);/q;+1. The van der Waals surface area contributed by atoms with E-state index in [1.54, 1.807) is 6.08 Å². The minimum Gasteiger partial charge on any atom is -0.480 e. The molecule has 2 N–H and O–H groups in total. The maximum Gasteiger partial charge on any atom is 1.00 e. The van der Waals surface area contributed by atoms with E-state index in [9.17, 15) is 4.79 Å². The average Bonchev–Trinajstić information content (AvgIpc) is 1.66. The Morgan fingerprint density at radius 1 is 1.78 bits per heavy atom. The summed E-state index contributed by atoms with van der Waals surface area (Å²) in [5.74, 6) is -0.841. The van der Waals surface area contributed by atoms with Gasteiger partial charge >= 0.3 is 57.4 Å². The van der Waals surface area contributed by atoms with Crippen LogP contribution in [0.5, 0.6) is 0 Å². The van der Waals surface area contributed by atoms with Gasteiger partial charge in [0.2, 0.25) is 0 Å². The first-order chi connectivity index (χ1) is 3.77. The molecule has 4 heteroatoms. The van der Waals surface area contributed by atoms with Crippen LogP contribution in [-0.2, 0) is 4.79 Å². The first kappa shape index (κ1) is 12.5. The summed E-state index contributed by atoms with van der Waals surface area (Å²) in [5.41, 5.74) is 0. The molecule has 3 nitrogen and oxygen atoms in total. The van der Waals surface area contributed by atoms with Crippen LogP contribution in [0.4, 0.5) is 0 Å². The molecule has 0 bridgehead atoms. The van der Waals surface area contributed by atoms with E-state index in [4.69, 9.17) is 5.11 Å². The minimum absolute atomic E-state index is 0. The minimum atomic E-state index is -0.841. The zero-order valence-corrected chi connectivity index (χ0v) is 8.68. The number of carboxylic acid groups (broad SMARTS) is 1. The second-order valence-electron chi connectivity index (χ2n) is 1.31. The second-order valence-corrected chi connectivity index (χ2v) is 1.31. The van der Waals surface area contributed by atoms with Crippen molar-refractivity contribution in [3.8, 4) is 0 Å². The summed E-state index contributed by atoms with van der Waals surface area (Å²) in [7, 11) is 0. The molecule has 46 valence electrons. The van der Waals surface area contributed by atoms with Gasteiger partial charge in [-0.3, -0.25) is 4.79 Å². The van der Waals surface area contributed by atoms with Crippen LogP contribution in [0.1, 0.15) is 0 Å². The van der Waals surface area contributed by atoms with Gasteiger partial charge in [-0.25, -0.2) is 0 Å². The molecule has 0 aliphatic heterocycles. The van der Waals surface area contributed by atoms with Gasteiger partial charge in [-0.15, -0.1) is 6.58 Å². The summed E-state index contributed by atoms with van der Waals surface area (Å²) >= 11 is 0. The molecule has 0 saturated heterocycles. The fourth-order valence-corrected chi connectivity index (χ4v) is 0.281. The van der Waals surface area contributed by atoms with Crippen LogP contribution in [0, 0.1) is 0 Å². The molecule has 0 fully saturated rings. The SMILES string of the molecule is C=CCNCC(=O)O.[K+]. The van der Waals surface area contributed by atoms with Crippen LogP contribution in [0.2, 0.25) is 0 Å². The summed E-state index contributed by atoms with van der Waals surface area (Å²) in [6, 6.07) is 0. The Morgan fingerprint density at radius 3 is 2.67 bits per heavy atom. The molecule has 0 aromatic heterocycles. The van der Waals surface area contributed by atoms with Crippen molar-refractivity contribution in [1.29, 1.82) is 0 Å². The summed E-state index contributed by atoms with van der Waals surface area (Å²) in [6.07, 6.45) is 1.61. The van der Waals surface area contributed by atoms with E-state index in [1.807, 2.05) is 0 Å². The van der Waals surface area contributed by atoms with Crippen molar-refractivity contribution in [1.82, 2.24) is 5.32 Å². The molecule has 0 atom stereocenters. The predicted octanol–water partition coefficient (Wildman–Crippen LogP) is -3.15. The molecule has 0 aromatic carbocycles. The van der Waals surface area contributed by atoms with Gasteiger partial charge in [0.05, 0.1) is 6.54 Å². The number of hydrogen-bond donors (Lipinski definition) is 2. The molecule has 0 amide bonds.